The summed E-state index contributed by atoms with van der Waals surface area (Å²) in [6.45, 7) is 0. The molecule has 1 N–H and O–H groups in total. The van der Waals surface area contributed by atoms with Crippen LogP contribution in [0.15, 0.2) is 54.6 Å². The topological polar surface area (TPSA) is 35.8 Å². The van der Waals surface area contributed by atoms with E-state index in [0.717, 1.165) is 24.0 Å². The molecule has 1 unspecified atom stereocenters. The van der Waals surface area contributed by atoms with E-state index in [0.29, 0.717) is 6.04 Å². The minimum atomic E-state index is -0.509. The van der Waals surface area contributed by atoms with Crippen LogP contribution in [0.5, 0.6) is 0 Å². The molecule has 2 heteroatoms. The lowest BCUT2D eigenvalue weighted by atomic mass is 9.65. The second kappa shape index (κ2) is 5.11. The van der Waals surface area contributed by atoms with Crippen LogP contribution in [-0.2, 0) is 5.41 Å². The van der Waals surface area contributed by atoms with Crippen LogP contribution in [0.2, 0.25) is 0 Å². The van der Waals surface area contributed by atoms with Crippen molar-refractivity contribution in [1.82, 2.24) is 5.32 Å². The van der Waals surface area contributed by atoms with Crippen LogP contribution in [-0.4, -0.2) is 7.05 Å². The lowest BCUT2D eigenvalue weighted by Gasteiger charge is -2.37. The number of rotatable bonds is 2. The van der Waals surface area contributed by atoms with Gasteiger partial charge in [0.05, 0.1) is 6.07 Å². The highest BCUT2D eigenvalue weighted by Crippen LogP contribution is 2.45. The fraction of sp³-hybridized carbons (Fsp3) is 0.278. The molecule has 0 heterocycles. The van der Waals surface area contributed by atoms with Crippen molar-refractivity contribution in [2.24, 2.45) is 0 Å². The van der Waals surface area contributed by atoms with Crippen LogP contribution in [0, 0.1) is 11.3 Å². The van der Waals surface area contributed by atoms with E-state index in [1.165, 1.54) is 5.56 Å². The van der Waals surface area contributed by atoms with Crippen LogP contribution >= 0.6 is 0 Å². The summed E-state index contributed by atoms with van der Waals surface area (Å²) < 4.78 is 0. The Morgan fingerprint density at radius 3 is 2.50 bits per heavy atom. The molecule has 0 aliphatic heterocycles. The van der Waals surface area contributed by atoms with Gasteiger partial charge in [-0.2, -0.15) is 5.26 Å². The highest BCUT2D eigenvalue weighted by Gasteiger charge is 2.40. The molecule has 0 saturated heterocycles. The Hall–Kier alpha value is -2.11. The molecule has 0 radical (unpaired) electrons. The molecule has 2 atom stereocenters. The summed E-state index contributed by atoms with van der Waals surface area (Å²) in [5, 5.41) is 13.3. The van der Waals surface area contributed by atoms with Crippen LogP contribution in [0.3, 0.4) is 0 Å². The van der Waals surface area contributed by atoms with Gasteiger partial charge in [-0.1, -0.05) is 54.6 Å². The predicted molar refractivity (Wildman–Crippen MR) is 80.3 cm³/mol. The van der Waals surface area contributed by atoms with Crippen LogP contribution in [0.4, 0.5) is 0 Å². The number of fused-ring (bicyclic) bond motifs is 1. The van der Waals surface area contributed by atoms with Crippen LogP contribution in [0.1, 0.15) is 35.6 Å². The summed E-state index contributed by atoms with van der Waals surface area (Å²) in [6, 6.07) is 21.5. The lowest BCUT2D eigenvalue weighted by molar-refractivity contribution is 0.426. The zero-order chi connectivity index (χ0) is 14.0. The quantitative estimate of drug-likeness (QED) is 0.898. The molecule has 0 aromatic heterocycles. The SMILES string of the molecule is CNC1CC[C@@](C#N)(c2ccccc2)c2ccccc21. The number of hydrogen-bond donors (Lipinski definition) is 1. The molecule has 2 aromatic carbocycles. The lowest BCUT2D eigenvalue weighted by Crippen LogP contribution is -2.35. The van der Waals surface area contributed by atoms with E-state index in [9.17, 15) is 5.26 Å². The van der Waals surface area contributed by atoms with Crippen LogP contribution < -0.4 is 5.32 Å². The Balaban J connectivity index is 2.22. The van der Waals surface area contributed by atoms with E-state index in [2.05, 4.69) is 41.7 Å². The van der Waals surface area contributed by atoms with Gasteiger partial charge in [0, 0.05) is 6.04 Å². The van der Waals surface area contributed by atoms with E-state index < -0.39 is 5.41 Å². The highest BCUT2D eigenvalue weighted by atomic mass is 14.9. The fourth-order valence-electron chi connectivity index (χ4n) is 3.34. The van der Waals surface area contributed by atoms with Crippen LogP contribution in [0.25, 0.3) is 0 Å². The van der Waals surface area contributed by atoms with Gasteiger partial charge in [-0.05, 0) is 36.6 Å². The minimum Gasteiger partial charge on any atom is -0.313 e. The summed E-state index contributed by atoms with van der Waals surface area (Å²) >= 11 is 0. The highest BCUT2D eigenvalue weighted by molar-refractivity contribution is 5.52. The Kier molecular flexibility index (Phi) is 3.30. The maximum Gasteiger partial charge on any atom is 0.107 e. The van der Waals surface area contributed by atoms with Gasteiger partial charge in [-0.15, -0.1) is 0 Å². The van der Waals surface area contributed by atoms with E-state index in [1.807, 2.05) is 31.3 Å². The van der Waals surface area contributed by atoms with Crippen molar-refractivity contribution < 1.29 is 0 Å². The molecule has 2 aromatic rings. The van der Waals surface area contributed by atoms with Crippen molar-refractivity contribution in [2.75, 3.05) is 7.05 Å². The van der Waals surface area contributed by atoms with Crippen molar-refractivity contribution in [3.8, 4) is 6.07 Å². The molecule has 1 aliphatic rings. The molecule has 0 spiro atoms. The molecule has 0 bridgehead atoms. The average Bonchev–Trinajstić information content (AvgIpc) is 2.54. The zero-order valence-corrected chi connectivity index (χ0v) is 11.6. The van der Waals surface area contributed by atoms with Gasteiger partial charge in [0.1, 0.15) is 5.41 Å². The van der Waals surface area contributed by atoms with Crippen molar-refractivity contribution in [3.63, 3.8) is 0 Å². The molecular formula is C18H18N2. The Labute approximate surface area is 120 Å². The normalized spacial score (nSPS) is 24.7. The fourth-order valence-corrected chi connectivity index (χ4v) is 3.34. The maximum atomic E-state index is 9.93. The van der Waals surface area contributed by atoms with Gasteiger partial charge < -0.3 is 5.32 Å². The van der Waals surface area contributed by atoms with Gasteiger partial charge in [-0.3, -0.25) is 0 Å². The van der Waals surface area contributed by atoms with Gasteiger partial charge in [0.15, 0.2) is 0 Å². The first-order valence-corrected chi connectivity index (χ1v) is 7.05. The third kappa shape index (κ3) is 1.83. The van der Waals surface area contributed by atoms with Gasteiger partial charge in [-0.25, -0.2) is 0 Å². The molecule has 20 heavy (non-hydrogen) atoms. The maximum absolute atomic E-state index is 9.93. The van der Waals surface area contributed by atoms with E-state index in [1.54, 1.807) is 0 Å². The largest absolute Gasteiger partial charge is 0.313 e. The van der Waals surface area contributed by atoms with E-state index >= 15 is 0 Å². The average molecular weight is 262 g/mol. The van der Waals surface area contributed by atoms with E-state index in [-0.39, 0.29) is 0 Å². The van der Waals surface area contributed by atoms with Gasteiger partial charge in [0.25, 0.3) is 0 Å². The minimum absolute atomic E-state index is 0.344. The van der Waals surface area contributed by atoms with Gasteiger partial charge in [0.2, 0.25) is 0 Å². The zero-order valence-electron chi connectivity index (χ0n) is 11.6. The number of nitriles is 1. The summed E-state index contributed by atoms with van der Waals surface area (Å²) in [5.41, 5.74) is 3.00. The summed E-state index contributed by atoms with van der Waals surface area (Å²) in [5.74, 6) is 0. The monoisotopic (exact) mass is 262 g/mol. The molecule has 0 amide bonds. The van der Waals surface area contributed by atoms with E-state index in [4.69, 9.17) is 0 Å². The van der Waals surface area contributed by atoms with Crippen molar-refractivity contribution in [2.45, 2.75) is 24.3 Å². The first kappa shape index (κ1) is 12.9. The second-order valence-electron chi connectivity index (χ2n) is 5.35. The molecular weight excluding hydrogens is 244 g/mol. The van der Waals surface area contributed by atoms with Crippen molar-refractivity contribution in [3.05, 3.63) is 71.3 Å². The molecule has 0 fully saturated rings. The summed E-state index contributed by atoms with van der Waals surface area (Å²) in [6.07, 6.45) is 1.84. The summed E-state index contributed by atoms with van der Waals surface area (Å²) in [4.78, 5) is 0. The molecule has 1 aliphatic carbocycles. The number of benzene rings is 2. The Bertz CT molecular complexity index is 642. The third-order valence-corrected chi connectivity index (χ3v) is 4.41. The summed E-state index contributed by atoms with van der Waals surface area (Å²) in [7, 11) is 1.99. The smallest absolute Gasteiger partial charge is 0.107 e. The second-order valence-corrected chi connectivity index (χ2v) is 5.35. The Morgan fingerprint density at radius 1 is 1.10 bits per heavy atom. The number of hydrogen-bond acceptors (Lipinski definition) is 2. The number of nitrogens with one attached hydrogen (secondary N) is 1. The first-order chi connectivity index (χ1) is 9.81. The third-order valence-electron chi connectivity index (χ3n) is 4.41. The molecule has 0 saturated carbocycles. The first-order valence-electron chi connectivity index (χ1n) is 7.05. The van der Waals surface area contributed by atoms with Crippen molar-refractivity contribution >= 4 is 0 Å². The molecule has 3 rings (SSSR count). The van der Waals surface area contributed by atoms with Crippen molar-refractivity contribution in [1.29, 1.82) is 5.26 Å². The predicted octanol–water partition coefficient (Wildman–Crippen LogP) is 3.55. The standard InChI is InChI=1S/C18H18N2/c1-20-17-11-12-18(13-19,14-7-3-2-4-8-14)16-10-6-5-9-15(16)17/h2-10,17,20H,11-12H2,1H3/t17?,18-/m1/s1. The number of nitrogens with zero attached hydrogens (tertiary/aromatic N) is 1. The molecule has 2 nitrogen and oxygen atoms in total. The Morgan fingerprint density at radius 2 is 1.80 bits per heavy atom. The van der Waals surface area contributed by atoms with Gasteiger partial charge >= 0.3 is 0 Å². The molecule has 100 valence electrons.